The Morgan fingerprint density at radius 3 is 2.87 bits per heavy atom. The molecule has 1 aliphatic heterocycles. The molecule has 0 aromatic carbocycles. The van der Waals surface area contributed by atoms with Gasteiger partial charge in [-0.15, -0.1) is 0 Å². The molecule has 0 radical (unpaired) electrons. The van der Waals surface area contributed by atoms with E-state index in [1.54, 1.807) is 0 Å². The van der Waals surface area contributed by atoms with Gasteiger partial charge in [0.15, 0.2) is 0 Å². The Labute approximate surface area is 138 Å². The smallest absolute Gasteiger partial charge is 0.133 e. The minimum absolute atomic E-state index is 0.433. The first-order chi connectivity index (χ1) is 11.2. The number of hydrogen-bond donors (Lipinski definition) is 0. The number of nitrogens with zero attached hydrogens (tertiary/aromatic N) is 5. The lowest BCUT2D eigenvalue weighted by Crippen LogP contribution is -2.39. The molecule has 2 aromatic heterocycles. The number of aromatic nitrogens is 3. The number of rotatable bonds is 7. The van der Waals surface area contributed by atoms with Crippen LogP contribution in [0.3, 0.4) is 0 Å². The van der Waals surface area contributed by atoms with E-state index in [9.17, 15) is 0 Å². The summed E-state index contributed by atoms with van der Waals surface area (Å²) in [7, 11) is 0. The molecule has 0 aliphatic carbocycles. The molecule has 6 nitrogen and oxygen atoms in total. The zero-order chi connectivity index (χ0) is 16.2. The molecular weight excluding hydrogens is 290 g/mol. The van der Waals surface area contributed by atoms with E-state index in [2.05, 4.69) is 44.7 Å². The summed E-state index contributed by atoms with van der Waals surface area (Å²) in [5, 5.41) is 8.68. The van der Waals surface area contributed by atoms with E-state index in [0.717, 1.165) is 57.1 Å². The van der Waals surface area contributed by atoms with Gasteiger partial charge in [-0.1, -0.05) is 19.0 Å². The van der Waals surface area contributed by atoms with Crippen molar-refractivity contribution in [2.75, 3.05) is 26.2 Å². The topological polar surface area (TPSA) is 50.3 Å². The summed E-state index contributed by atoms with van der Waals surface area (Å²) >= 11 is 0. The highest BCUT2D eigenvalue weighted by Gasteiger charge is 2.26. The number of aryl methyl sites for hydroxylation is 1. The van der Waals surface area contributed by atoms with Gasteiger partial charge in [0.1, 0.15) is 5.76 Å². The summed E-state index contributed by atoms with van der Waals surface area (Å²) in [4.78, 5) is 4.92. The maximum atomic E-state index is 5.19. The molecule has 0 saturated carbocycles. The Bertz CT molecular complexity index is 616. The predicted octanol–water partition coefficient (Wildman–Crippen LogP) is 2.47. The quantitative estimate of drug-likeness (QED) is 0.785. The standard InChI is InChI=1S/C17H27N5O/c1-4-20(5-2)9-7-17-13-21(11-15-10-14(3)23-19-15)12-16-6-8-18-22(16)17/h6,8,10,17H,4-5,7,9,11-13H2,1-3H3. The molecule has 1 aliphatic rings. The van der Waals surface area contributed by atoms with Crippen molar-refractivity contribution in [1.29, 1.82) is 0 Å². The average molecular weight is 317 g/mol. The lowest BCUT2D eigenvalue weighted by Gasteiger charge is -2.34. The molecule has 0 bridgehead atoms. The molecule has 3 rings (SSSR count). The van der Waals surface area contributed by atoms with Gasteiger partial charge in [-0.05, 0) is 32.5 Å². The predicted molar refractivity (Wildman–Crippen MR) is 89.0 cm³/mol. The summed E-state index contributed by atoms with van der Waals surface area (Å²) in [6, 6.07) is 4.59. The van der Waals surface area contributed by atoms with Crippen LogP contribution in [0, 0.1) is 6.92 Å². The van der Waals surface area contributed by atoms with Gasteiger partial charge >= 0.3 is 0 Å². The maximum Gasteiger partial charge on any atom is 0.133 e. The van der Waals surface area contributed by atoms with Gasteiger partial charge in [0.25, 0.3) is 0 Å². The summed E-state index contributed by atoms with van der Waals surface area (Å²) in [6.45, 7) is 12.5. The van der Waals surface area contributed by atoms with Gasteiger partial charge in [0, 0.05) is 38.4 Å². The lowest BCUT2D eigenvalue weighted by molar-refractivity contribution is 0.147. The molecule has 23 heavy (non-hydrogen) atoms. The second-order valence-corrected chi connectivity index (χ2v) is 6.34. The minimum atomic E-state index is 0.433. The van der Waals surface area contributed by atoms with Gasteiger partial charge in [-0.2, -0.15) is 5.10 Å². The summed E-state index contributed by atoms with van der Waals surface area (Å²) in [6.07, 6.45) is 3.05. The third-order valence-corrected chi connectivity index (χ3v) is 4.69. The Hall–Kier alpha value is -1.66. The van der Waals surface area contributed by atoms with Crippen LogP contribution in [0.2, 0.25) is 0 Å². The van der Waals surface area contributed by atoms with Crippen molar-refractivity contribution in [3.8, 4) is 0 Å². The van der Waals surface area contributed by atoms with Crippen LogP contribution in [-0.4, -0.2) is 50.9 Å². The second kappa shape index (κ2) is 7.27. The van der Waals surface area contributed by atoms with Crippen LogP contribution >= 0.6 is 0 Å². The molecule has 1 atom stereocenters. The molecule has 0 saturated heterocycles. The zero-order valence-electron chi connectivity index (χ0n) is 14.4. The van der Waals surface area contributed by atoms with Crippen molar-refractivity contribution in [1.82, 2.24) is 24.7 Å². The average Bonchev–Trinajstić information content (AvgIpc) is 3.17. The third kappa shape index (κ3) is 3.82. The monoisotopic (exact) mass is 317 g/mol. The van der Waals surface area contributed by atoms with Crippen molar-refractivity contribution in [3.63, 3.8) is 0 Å². The van der Waals surface area contributed by atoms with Crippen LogP contribution in [0.5, 0.6) is 0 Å². The van der Waals surface area contributed by atoms with Crippen LogP contribution in [0.25, 0.3) is 0 Å². The largest absolute Gasteiger partial charge is 0.361 e. The Morgan fingerprint density at radius 2 is 2.17 bits per heavy atom. The van der Waals surface area contributed by atoms with Gasteiger partial charge in [0.05, 0.1) is 17.4 Å². The first-order valence-corrected chi connectivity index (χ1v) is 8.58. The Morgan fingerprint density at radius 1 is 1.35 bits per heavy atom. The molecule has 0 fully saturated rings. The van der Waals surface area contributed by atoms with E-state index < -0.39 is 0 Å². The number of fused-ring (bicyclic) bond motifs is 1. The Balaban J connectivity index is 1.67. The fourth-order valence-electron chi connectivity index (χ4n) is 3.39. The minimum Gasteiger partial charge on any atom is -0.361 e. The summed E-state index contributed by atoms with van der Waals surface area (Å²) < 4.78 is 7.41. The van der Waals surface area contributed by atoms with Crippen molar-refractivity contribution < 1.29 is 4.52 Å². The van der Waals surface area contributed by atoms with Crippen molar-refractivity contribution in [2.24, 2.45) is 0 Å². The van der Waals surface area contributed by atoms with Crippen molar-refractivity contribution in [2.45, 2.75) is 46.3 Å². The second-order valence-electron chi connectivity index (χ2n) is 6.34. The molecular formula is C17H27N5O. The molecule has 1 unspecified atom stereocenters. The van der Waals surface area contributed by atoms with Crippen LogP contribution in [0.15, 0.2) is 22.9 Å². The third-order valence-electron chi connectivity index (χ3n) is 4.69. The van der Waals surface area contributed by atoms with Crippen LogP contribution in [-0.2, 0) is 13.1 Å². The molecule has 2 aromatic rings. The Kier molecular flexibility index (Phi) is 5.13. The molecule has 0 N–H and O–H groups in total. The zero-order valence-corrected chi connectivity index (χ0v) is 14.4. The normalized spacial score (nSPS) is 18.5. The van der Waals surface area contributed by atoms with E-state index in [1.807, 2.05) is 19.2 Å². The van der Waals surface area contributed by atoms with Gasteiger partial charge in [-0.25, -0.2) is 0 Å². The fourth-order valence-corrected chi connectivity index (χ4v) is 3.39. The van der Waals surface area contributed by atoms with Crippen LogP contribution in [0.1, 0.15) is 43.5 Å². The lowest BCUT2D eigenvalue weighted by atomic mass is 10.1. The summed E-state index contributed by atoms with van der Waals surface area (Å²) in [5.41, 5.74) is 2.30. The molecule has 0 spiro atoms. The highest BCUT2D eigenvalue weighted by molar-refractivity contribution is 5.08. The fraction of sp³-hybridized carbons (Fsp3) is 0.647. The first kappa shape index (κ1) is 16.2. The van der Waals surface area contributed by atoms with E-state index in [-0.39, 0.29) is 0 Å². The highest BCUT2D eigenvalue weighted by atomic mass is 16.5. The molecule has 0 amide bonds. The van der Waals surface area contributed by atoms with Crippen molar-refractivity contribution >= 4 is 0 Å². The van der Waals surface area contributed by atoms with E-state index in [4.69, 9.17) is 4.52 Å². The van der Waals surface area contributed by atoms with E-state index in [1.165, 1.54) is 5.69 Å². The highest BCUT2D eigenvalue weighted by Crippen LogP contribution is 2.24. The molecule has 126 valence electrons. The van der Waals surface area contributed by atoms with Crippen LogP contribution < -0.4 is 0 Å². The van der Waals surface area contributed by atoms with Gasteiger partial charge in [-0.3, -0.25) is 9.58 Å². The molecule has 6 heteroatoms. The number of hydrogen-bond acceptors (Lipinski definition) is 5. The van der Waals surface area contributed by atoms with E-state index >= 15 is 0 Å². The van der Waals surface area contributed by atoms with Crippen molar-refractivity contribution in [3.05, 3.63) is 35.5 Å². The van der Waals surface area contributed by atoms with E-state index in [0.29, 0.717) is 6.04 Å². The van der Waals surface area contributed by atoms with Gasteiger partial charge in [0.2, 0.25) is 0 Å². The van der Waals surface area contributed by atoms with Crippen LogP contribution in [0.4, 0.5) is 0 Å². The maximum absolute atomic E-state index is 5.19. The SMILES string of the molecule is CCN(CC)CCC1CN(Cc2cc(C)on2)Cc2ccnn21. The summed E-state index contributed by atoms with van der Waals surface area (Å²) in [5.74, 6) is 0.875. The van der Waals surface area contributed by atoms with Gasteiger partial charge < -0.3 is 9.42 Å². The first-order valence-electron chi connectivity index (χ1n) is 8.58. The molecule has 3 heterocycles.